The van der Waals surface area contributed by atoms with Crippen LogP contribution in [0, 0.1) is 10.5 Å². The Morgan fingerprint density at radius 1 is 1.00 bits per heavy atom. The Bertz CT molecular complexity index is 1510. The largest absolute Gasteiger partial charge is 0.493 e. The molecule has 2 heterocycles. The van der Waals surface area contributed by atoms with Gasteiger partial charge in [-0.3, -0.25) is 19.3 Å². The molecular formula is C22H18IN5O4. The molecule has 2 aromatic heterocycles. The quantitative estimate of drug-likeness (QED) is 0.304. The normalized spacial score (nSPS) is 11.3. The van der Waals surface area contributed by atoms with Crippen LogP contribution >= 0.6 is 22.6 Å². The van der Waals surface area contributed by atoms with Gasteiger partial charge in [-0.25, -0.2) is 19.0 Å². The molecule has 0 aliphatic rings. The molecule has 0 aliphatic carbocycles. The molecule has 0 radical (unpaired) electrons. The number of para-hydroxylation sites is 1. The molecule has 9 nitrogen and oxygen atoms in total. The van der Waals surface area contributed by atoms with Crippen molar-refractivity contribution in [3.63, 3.8) is 0 Å². The van der Waals surface area contributed by atoms with Crippen LogP contribution < -0.4 is 16.8 Å². The highest BCUT2D eigenvalue weighted by molar-refractivity contribution is 14.1. The molecule has 10 heteroatoms. The summed E-state index contributed by atoms with van der Waals surface area (Å²) in [6.45, 7) is 1.73. The van der Waals surface area contributed by atoms with E-state index in [4.69, 9.17) is 0 Å². The minimum absolute atomic E-state index is 0.113. The zero-order chi connectivity index (χ0) is 23.0. The number of nitrogens with zero attached hydrogens (tertiary/aromatic N) is 4. The second-order valence-electron chi connectivity index (χ2n) is 6.98. The molecule has 0 fully saturated rings. The van der Waals surface area contributed by atoms with Crippen molar-refractivity contribution in [2.24, 2.45) is 12.0 Å². The highest BCUT2D eigenvalue weighted by Gasteiger charge is 2.17. The SMILES string of the molecule is Cc1c(N=Cc2c(O)n(-c3ccc(I)cc3)c(=O)[nH]c2=O)c(=O)n(-c2ccccc2)n1C. The topological polar surface area (TPSA) is 114 Å². The Hall–Kier alpha value is -3.67. The molecule has 0 atom stereocenters. The minimum Gasteiger partial charge on any atom is -0.493 e. The maximum Gasteiger partial charge on any atom is 0.335 e. The fraction of sp³-hybridized carbons (Fsp3) is 0.0909. The van der Waals surface area contributed by atoms with Gasteiger partial charge in [-0.05, 0) is 65.9 Å². The third-order valence-electron chi connectivity index (χ3n) is 5.05. The summed E-state index contributed by atoms with van der Waals surface area (Å²) in [6, 6.07) is 15.9. The van der Waals surface area contributed by atoms with E-state index in [-0.39, 0.29) is 16.8 Å². The van der Waals surface area contributed by atoms with Gasteiger partial charge < -0.3 is 5.11 Å². The summed E-state index contributed by atoms with van der Waals surface area (Å²) in [4.78, 5) is 44.1. The van der Waals surface area contributed by atoms with Gasteiger partial charge in [0, 0.05) is 16.8 Å². The molecule has 0 bridgehead atoms. The maximum atomic E-state index is 13.0. The van der Waals surface area contributed by atoms with Crippen LogP contribution in [0.5, 0.6) is 5.88 Å². The summed E-state index contributed by atoms with van der Waals surface area (Å²) in [5.74, 6) is -0.569. The summed E-state index contributed by atoms with van der Waals surface area (Å²) in [7, 11) is 1.73. The van der Waals surface area contributed by atoms with Crippen LogP contribution in [0.3, 0.4) is 0 Å². The number of aromatic nitrogens is 4. The number of aromatic hydroxyl groups is 1. The Morgan fingerprint density at radius 2 is 1.66 bits per heavy atom. The van der Waals surface area contributed by atoms with E-state index in [1.165, 1.54) is 4.68 Å². The molecule has 162 valence electrons. The first-order valence-corrected chi connectivity index (χ1v) is 10.6. The van der Waals surface area contributed by atoms with Crippen molar-refractivity contribution in [2.45, 2.75) is 6.92 Å². The lowest BCUT2D eigenvalue weighted by molar-refractivity contribution is 0.430. The van der Waals surface area contributed by atoms with E-state index in [1.807, 2.05) is 18.2 Å². The van der Waals surface area contributed by atoms with Crippen LogP contribution in [0.1, 0.15) is 11.3 Å². The van der Waals surface area contributed by atoms with Crippen molar-refractivity contribution in [3.8, 4) is 17.3 Å². The van der Waals surface area contributed by atoms with Crippen molar-refractivity contribution < 1.29 is 5.11 Å². The fourth-order valence-electron chi connectivity index (χ4n) is 3.32. The average molecular weight is 543 g/mol. The van der Waals surface area contributed by atoms with Gasteiger partial charge in [0.25, 0.3) is 11.1 Å². The van der Waals surface area contributed by atoms with Gasteiger partial charge in [0.15, 0.2) is 5.69 Å². The van der Waals surface area contributed by atoms with Crippen LogP contribution in [0.25, 0.3) is 11.4 Å². The molecule has 0 saturated carbocycles. The van der Waals surface area contributed by atoms with Gasteiger partial charge in [0.05, 0.1) is 17.1 Å². The number of hydrogen-bond donors (Lipinski definition) is 2. The lowest BCUT2D eigenvalue weighted by Crippen LogP contribution is -2.31. The summed E-state index contributed by atoms with van der Waals surface area (Å²) in [5, 5.41) is 10.7. The third-order valence-corrected chi connectivity index (χ3v) is 5.77. The highest BCUT2D eigenvalue weighted by Crippen LogP contribution is 2.19. The van der Waals surface area contributed by atoms with Crippen LogP contribution in [-0.4, -0.2) is 30.2 Å². The van der Waals surface area contributed by atoms with Crippen molar-refractivity contribution in [1.29, 1.82) is 0 Å². The van der Waals surface area contributed by atoms with E-state index in [9.17, 15) is 19.5 Å². The first-order chi connectivity index (χ1) is 15.3. The maximum absolute atomic E-state index is 13.0. The molecule has 0 unspecified atom stereocenters. The van der Waals surface area contributed by atoms with E-state index in [0.717, 1.165) is 14.4 Å². The van der Waals surface area contributed by atoms with E-state index < -0.39 is 17.1 Å². The molecule has 0 spiro atoms. The van der Waals surface area contributed by atoms with Crippen LogP contribution in [0.4, 0.5) is 5.69 Å². The zero-order valence-electron chi connectivity index (χ0n) is 17.1. The highest BCUT2D eigenvalue weighted by atomic mass is 127. The second kappa shape index (κ2) is 8.46. The number of benzene rings is 2. The molecule has 0 amide bonds. The van der Waals surface area contributed by atoms with E-state index in [2.05, 4.69) is 32.6 Å². The lowest BCUT2D eigenvalue weighted by atomic mass is 10.3. The predicted molar refractivity (Wildman–Crippen MR) is 130 cm³/mol. The molecular weight excluding hydrogens is 525 g/mol. The van der Waals surface area contributed by atoms with Crippen molar-refractivity contribution in [2.75, 3.05) is 0 Å². The first-order valence-electron chi connectivity index (χ1n) is 9.52. The Balaban J connectivity index is 1.84. The molecule has 2 aromatic carbocycles. The smallest absolute Gasteiger partial charge is 0.335 e. The van der Waals surface area contributed by atoms with Gasteiger partial charge in [0.1, 0.15) is 5.56 Å². The van der Waals surface area contributed by atoms with E-state index in [1.54, 1.807) is 55.1 Å². The van der Waals surface area contributed by atoms with Crippen molar-refractivity contribution >= 4 is 34.5 Å². The number of aliphatic imine (C=N–C) groups is 1. The van der Waals surface area contributed by atoms with Gasteiger partial charge in [0.2, 0.25) is 5.88 Å². The lowest BCUT2D eigenvalue weighted by Gasteiger charge is -2.09. The number of aromatic amines is 1. The van der Waals surface area contributed by atoms with Gasteiger partial charge in [-0.1, -0.05) is 18.2 Å². The molecule has 4 rings (SSSR count). The summed E-state index contributed by atoms with van der Waals surface area (Å²) >= 11 is 2.12. The number of H-pyrrole nitrogens is 1. The van der Waals surface area contributed by atoms with Gasteiger partial charge in [-0.2, -0.15) is 0 Å². The van der Waals surface area contributed by atoms with E-state index >= 15 is 0 Å². The fourth-order valence-corrected chi connectivity index (χ4v) is 3.68. The summed E-state index contributed by atoms with van der Waals surface area (Å²) < 4.78 is 5.03. The number of halogens is 1. The van der Waals surface area contributed by atoms with Crippen molar-refractivity contribution in [1.82, 2.24) is 18.9 Å². The van der Waals surface area contributed by atoms with Crippen LogP contribution in [0.2, 0.25) is 0 Å². The minimum atomic E-state index is -0.810. The second-order valence-corrected chi connectivity index (χ2v) is 8.22. The Kier molecular flexibility index (Phi) is 5.70. The molecule has 0 aliphatic heterocycles. The number of hydrogen-bond acceptors (Lipinski definition) is 5. The van der Waals surface area contributed by atoms with Gasteiger partial charge >= 0.3 is 5.69 Å². The first kappa shape index (κ1) is 21.6. The summed E-state index contributed by atoms with van der Waals surface area (Å²) in [5.41, 5.74) is -0.493. The standard InChI is InChI=1S/C22H18IN5O4/c1-13-18(21(31)28(26(13)2)16-6-4-3-5-7-16)24-12-17-19(29)25-22(32)27(20(17)30)15-10-8-14(23)9-11-15/h3-12,30H,1-2H3,(H,25,29,32). The van der Waals surface area contributed by atoms with Crippen LogP contribution in [-0.2, 0) is 7.05 Å². The number of nitrogens with one attached hydrogen (secondary N) is 1. The average Bonchev–Trinajstić information content (AvgIpc) is 2.98. The summed E-state index contributed by atoms with van der Waals surface area (Å²) in [6.07, 6.45) is 1.09. The Labute approximate surface area is 195 Å². The molecule has 0 saturated heterocycles. The Morgan fingerprint density at radius 3 is 2.31 bits per heavy atom. The van der Waals surface area contributed by atoms with E-state index in [0.29, 0.717) is 17.1 Å². The molecule has 2 N–H and O–H groups in total. The van der Waals surface area contributed by atoms with Crippen LogP contribution in [0.15, 0.2) is 74.0 Å². The molecule has 32 heavy (non-hydrogen) atoms. The van der Waals surface area contributed by atoms with Gasteiger partial charge in [-0.15, -0.1) is 0 Å². The third kappa shape index (κ3) is 3.73. The monoisotopic (exact) mass is 543 g/mol. The number of rotatable bonds is 4. The zero-order valence-corrected chi connectivity index (χ0v) is 19.3. The van der Waals surface area contributed by atoms with Crippen molar-refractivity contribution in [3.05, 3.63) is 101 Å². The molecule has 4 aromatic rings. The predicted octanol–water partition coefficient (Wildman–Crippen LogP) is 2.38.